The molecule has 0 aliphatic rings. The summed E-state index contributed by atoms with van der Waals surface area (Å²) < 4.78 is 0. The maximum atomic E-state index is 9.98. The minimum Gasteiger partial charge on any atom is -1.00 e. The summed E-state index contributed by atoms with van der Waals surface area (Å²) in [4.78, 5) is 0. The van der Waals surface area contributed by atoms with E-state index in [-0.39, 0.29) is 31.0 Å². The molecule has 1 nitrogen and oxygen atoms in total. The minimum absolute atomic E-state index is 0. The second-order valence-corrected chi connectivity index (χ2v) is 4.27. The Balaban J connectivity index is 0.00000162. The van der Waals surface area contributed by atoms with Crippen molar-refractivity contribution in [1.82, 2.24) is 0 Å². The van der Waals surface area contributed by atoms with Crippen LogP contribution in [0, 0.1) is 0 Å². The van der Waals surface area contributed by atoms with Gasteiger partial charge in [0.05, 0.1) is 0 Å². The summed E-state index contributed by atoms with van der Waals surface area (Å²) in [5, 5.41) is 9.98. The van der Waals surface area contributed by atoms with Gasteiger partial charge in [-0.15, -0.1) is 0 Å². The van der Waals surface area contributed by atoms with Gasteiger partial charge in [0.25, 0.3) is 0 Å². The molecule has 90 valence electrons. The fraction of sp³-hybridized carbons (Fsp3) is 0.250. The van der Waals surface area contributed by atoms with Crippen LogP contribution in [0.15, 0.2) is 48.5 Å². The molecule has 2 heteroatoms. The second kappa shape index (κ2) is 7.63. The van der Waals surface area contributed by atoms with Crippen LogP contribution >= 0.6 is 0 Å². The quantitative estimate of drug-likeness (QED) is 0.816. The Labute approximate surface area is 133 Å². The van der Waals surface area contributed by atoms with Gasteiger partial charge in [0.1, 0.15) is 5.75 Å². The van der Waals surface area contributed by atoms with E-state index in [9.17, 15) is 5.11 Å². The molecule has 0 saturated heterocycles. The molecule has 0 amide bonds. The largest absolute Gasteiger partial charge is 1.00 e. The standard InChI is InChI=1S/C16H18O.Na.H/c1-2-3-10-15-14(11-7-12-16(15)17)13-8-5-4-6-9-13;;/h4-9,11-12,17H,2-3,10H2,1H3;;/q;+1;-1. The third kappa shape index (κ3) is 3.61. The molecule has 0 fully saturated rings. The van der Waals surface area contributed by atoms with Gasteiger partial charge in [-0.3, -0.25) is 0 Å². The first-order valence-electron chi connectivity index (χ1n) is 6.19. The third-order valence-corrected chi connectivity index (χ3v) is 3.02. The fourth-order valence-electron chi connectivity index (χ4n) is 2.08. The first-order chi connectivity index (χ1) is 8.33. The van der Waals surface area contributed by atoms with E-state index in [1.54, 1.807) is 6.07 Å². The Morgan fingerprint density at radius 2 is 1.72 bits per heavy atom. The number of rotatable bonds is 4. The van der Waals surface area contributed by atoms with Crippen LogP contribution in [-0.4, -0.2) is 5.11 Å². The number of phenols is 1. The average Bonchev–Trinajstić information content (AvgIpc) is 2.38. The molecule has 1 N–H and O–H groups in total. The Bertz CT molecular complexity index is 485. The molecule has 0 unspecified atom stereocenters. The van der Waals surface area contributed by atoms with E-state index in [0.29, 0.717) is 5.75 Å². The average molecular weight is 250 g/mol. The molecule has 0 spiro atoms. The van der Waals surface area contributed by atoms with Gasteiger partial charge in [-0.25, -0.2) is 0 Å². The molecule has 0 radical (unpaired) electrons. The predicted molar refractivity (Wildman–Crippen MR) is 73.3 cm³/mol. The monoisotopic (exact) mass is 250 g/mol. The number of benzene rings is 2. The normalized spacial score (nSPS) is 9.83. The first kappa shape index (κ1) is 15.3. The SMILES string of the molecule is CCCCc1c(O)cccc1-c1ccccc1.[H-].[Na+]. The zero-order chi connectivity index (χ0) is 12.1. The number of phenolic OH excluding ortho intramolecular Hbond substituents is 1. The molecular formula is C16H19NaO. The molecule has 0 atom stereocenters. The van der Waals surface area contributed by atoms with Crippen LogP contribution in [0.4, 0.5) is 0 Å². The van der Waals surface area contributed by atoms with Crippen molar-refractivity contribution >= 4 is 0 Å². The van der Waals surface area contributed by atoms with Crippen LogP contribution in [0.5, 0.6) is 5.75 Å². The van der Waals surface area contributed by atoms with Gasteiger partial charge in [-0.1, -0.05) is 55.8 Å². The Morgan fingerprint density at radius 3 is 2.39 bits per heavy atom. The summed E-state index contributed by atoms with van der Waals surface area (Å²) in [5.41, 5.74) is 3.40. The van der Waals surface area contributed by atoms with Crippen molar-refractivity contribution in [3.63, 3.8) is 0 Å². The summed E-state index contributed by atoms with van der Waals surface area (Å²) in [7, 11) is 0. The zero-order valence-corrected chi connectivity index (χ0v) is 13.2. The Hall–Kier alpha value is -0.760. The third-order valence-electron chi connectivity index (χ3n) is 3.02. The van der Waals surface area contributed by atoms with E-state index in [2.05, 4.69) is 25.1 Å². The van der Waals surface area contributed by atoms with Crippen molar-refractivity contribution < 1.29 is 36.1 Å². The molecule has 18 heavy (non-hydrogen) atoms. The predicted octanol–water partition coefficient (Wildman–Crippen LogP) is 1.52. The molecule has 2 aromatic carbocycles. The summed E-state index contributed by atoms with van der Waals surface area (Å²) in [6, 6.07) is 16.0. The van der Waals surface area contributed by atoms with E-state index in [4.69, 9.17) is 0 Å². The van der Waals surface area contributed by atoms with Crippen LogP contribution in [0.1, 0.15) is 26.8 Å². The van der Waals surface area contributed by atoms with E-state index in [1.807, 2.05) is 24.3 Å². The van der Waals surface area contributed by atoms with E-state index >= 15 is 0 Å². The zero-order valence-electron chi connectivity index (χ0n) is 12.2. The van der Waals surface area contributed by atoms with Gasteiger partial charge in [0.2, 0.25) is 0 Å². The van der Waals surface area contributed by atoms with E-state index in [1.165, 1.54) is 5.56 Å². The van der Waals surface area contributed by atoms with Gasteiger partial charge < -0.3 is 6.53 Å². The number of hydrogen-bond acceptors (Lipinski definition) is 1. The van der Waals surface area contributed by atoms with E-state index < -0.39 is 0 Å². The van der Waals surface area contributed by atoms with Gasteiger partial charge in [0.15, 0.2) is 0 Å². The number of aromatic hydroxyl groups is 1. The first-order valence-corrected chi connectivity index (χ1v) is 6.19. The van der Waals surface area contributed by atoms with Crippen molar-refractivity contribution in [3.05, 3.63) is 54.1 Å². The van der Waals surface area contributed by atoms with Gasteiger partial charge >= 0.3 is 29.6 Å². The fourth-order valence-corrected chi connectivity index (χ4v) is 2.08. The van der Waals surface area contributed by atoms with Gasteiger partial charge in [0, 0.05) is 5.56 Å². The van der Waals surface area contributed by atoms with E-state index in [0.717, 1.165) is 30.4 Å². The topological polar surface area (TPSA) is 20.2 Å². The summed E-state index contributed by atoms with van der Waals surface area (Å²) >= 11 is 0. The molecule has 0 aliphatic heterocycles. The van der Waals surface area contributed by atoms with Crippen LogP contribution in [-0.2, 0) is 6.42 Å². The summed E-state index contributed by atoms with van der Waals surface area (Å²) in [6.07, 6.45) is 3.19. The van der Waals surface area contributed by atoms with Crippen LogP contribution in [0.2, 0.25) is 0 Å². The minimum atomic E-state index is 0. The molecule has 0 aromatic heterocycles. The van der Waals surface area contributed by atoms with Crippen molar-refractivity contribution in [2.75, 3.05) is 0 Å². The summed E-state index contributed by atoms with van der Waals surface area (Å²) in [6.45, 7) is 2.17. The van der Waals surface area contributed by atoms with Crippen LogP contribution in [0.25, 0.3) is 11.1 Å². The summed E-state index contributed by atoms with van der Waals surface area (Å²) in [5.74, 6) is 0.416. The number of hydrogen-bond donors (Lipinski definition) is 1. The Kier molecular flexibility index (Phi) is 6.48. The van der Waals surface area contributed by atoms with Crippen molar-refractivity contribution in [2.24, 2.45) is 0 Å². The molecule has 0 bridgehead atoms. The molecular weight excluding hydrogens is 231 g/mol. The van der Waals surface area contributed by atoms with Gasteiger partial charge in [-0.05, 0) is 30.0 Å². The van der Waals surface area contributed by atoms with Crippen molar-refractivity contribution in [1.29, 1.82) is 0 Å². The molecule has 0 aliphatic carbocycles. The molecule has 2 aromatic rings. The maximum absolute atomic E-state index is 9.98. The Morgan fingerprint density at radius 1 is 1.00 bits per heavy atom. The smallest absolute Gasteiger partial charge is 1.00 e. The maximum Gasteiger partial charge on any atom is 1.00 e. The molecule has 2 rings (SSSR count). The molecule has 0 heterocycles. The van der Waals surface area contributed by atoms with Crippen molar-refractivity contribution in [3.8, 4) is 16.9 Å². The second-order valence-electron chi connectivity index (χ2n) is 4.27. The molecule has 0 saturated carbocycles. The van der Waals surface area contributed by atoms with Crippen molar-refractivity contribution in [2.45, 2.75) is 26.2 Å². The van der Waals surface area contributed by atoms with Crippen LogP contribution < -0.4 is 29.6 Å². The number of unbranched alkanes of at least 4 members (excludes halogenated alkanes) is 1. The van der Waals surface area contributed by atoms with Gasteiger partial charge in [-0.2, -0.15) is 0 Å². The van der Waals surface area contributed by atoms with Crippen LogP contribution in [0.3, 0.4) is 0 Å².